The number of ether oxygens (including phenoxy) is 1. The Bertz CT molecular complexity index is 1250. The molecule has 1 atom stereocenters. The monoisotopic (exact) mass is 465 g/mol. The van der Waals surface area contributed by atoms with Crippen molar-refractivity contribution in [3.8, 4) is 5.75 Å². The molecule has 7 heteroatoms. The van der Waals surface area contributed by atoms with Crippen molar-refractivity contribution in [1.82, 2.24) is 0 Å². The Morgan fingerprint density at radius 3 is 2.36 bits per heavy atom. The lowest BCUT2D eigenvalue weighted by Crippen LogP contribution is -2.29. The number of aliphatic hydroxyl groups is 1. The molecule has 3 aromatic carbocycles. The molecule has 4 rings (SSSR count). The molecule has 5 nitrogen and oxygen atoms in total. The van der Waals surface area contributed by atoms with Crippen molar-refractivity contribution in [1.29, 1.82) is 0 Å². The highest BCUT2D eigenvalue weighted by Crippen LogP contribution is 2.43. The number of carbonyl (C=O) groups is 2. The molecule has 0 aromatic heterocycles. The largest absolute Gasteiger partial charge is 0.507 e. The number of rotatable bonds is 5. The van der Waals surface area contributed by atoms with Gasteiger partial charge < -0.3 is 9.84 Å². The van der Waals surface area contributed by atoms with Crippen LogP contribution in [0.3, 0.4) is 0 Å². The van der Waals surface area contributed by atoms with E-state index in [9.17, 15) is 19.1 Å². The number of nitrogens with zero attached hydrogens (tertiary/aromatic N) is 1. The molecule has 168 valence electrons. The van der Waals surface area contributed by atoms with Gasteiger partial charge in [-0.25, -0.2) is 4.39 Å². The fraction of sp³-hybridized carbons (Fsp3) is 0.154. The molecule has 0 bridgehead atoms. The second-order valence-corrected chi connectivity index (χ2v) is 8.04. The number of ketones is 1. The maximum Gasteiger partial charge on any atom is 0.300 e. The smallest absolute Gasteiger partial charge is 0.300 e. The molecule has 1 amide bonds. The number of hydrogen-bond acceptors (Lipinski definition) is 4. The van der Waals surface area contributed by atoms with E-state index in [4.69, 9.17) is 16.3 Å². The summed E-state index contributed by atoms with van der Waals surface area (Å²) in [5.41, 5.74) is 1.95. The van der Waals surface area contributed by atoms with E-state index in [-0.39, 0.29) is 16.2 Å². The van der Waals surface area contributed by atoms with Crippen molar-refractivity contribution < 1.29 is 23.8 Å². The van der Waals surface area contributed by atoms with Crippen LogP contribution in [0, 0.1) is 12.7 Å². The number of Topliss-reactive ketones (excluding diaryl/α,β-unsaturated/α-hetero) is 1. The minimum Gasteiger partial charge on any atom is -0.507 e. The number of halogens is 2. The predicted molar refractivity (Wildman–Crippen MR) is 125 cm³/mol. The second-order valence-electron chi connectivity index (χ2n) is 7.63. The number of hydrogen-bond donors (Lipinski definition) is 1. The zero-order chi connectivity index (χ0) is 23.7. The Kier molecular flexibility index (Phi) is 6.20. The molecule has 1 N–H and O–H groups in total. The molecular formula is C26H21ClFNO4. The van der Waals surface area contributed by atoms with E-state index in [1.165, 1.54) is 35.2 Å². The lowest BCUT2D eigenvalue weighted by molar-refractivity contribution is -0.132. The van der Waals surface area contributed by atoms with Crippen LogP contribution < -0.4 is 9.64 Å². The molecule has 1 saturated heterocycles. The topological polar surface area (TPSA) is 66.8 Å². The molecule has 1 heterocycles. The van der Waals surface area contributed by atoms with Gasteiger partial charge in [0.05, 0.1) is 23.2 Å². The molecule has 1 aliphatic heterocycles. The van der Waals surface area contributed by atoms with Gasteiger partial charge in [0.25, 0.3) is 11.7 Å². The lowest BCUT2D eigenvalue weighted by Gasteiger charge is -2.25. The van der Waals surface area contributed by atoms with Crippen LogP contribution in [0.15, 0.2) is 72.3 Å². The molecule has 0 aliphatic carbocycles. The van der Waals surface area contributed by atoms with Crippen LogP contribution in [-0.4, -0.2) is 23.4 Å². The molecular weight excluding hydrogens is 445 g/mol. The van der Waals surface area contributed by atoms with Crippen LogP contribution >= 0.6 is 11.6 Å². The van der Waals surface area contributed by atoms with Crippen molar-refractivity contribution in [2.24, 2.45) is 0 Å². The number of carbonyl (C=O) groups excluding carboxylic acids is 2. The van der Waals surface area contributed by atoms with Crippen LogP contribution in [0.2, 0.25) is 5.02 Å². The summed E-state index contributed by atoms with van der Waals surface area (Å²) in [6.07, 6.45) is 0. The first-order valence-electron chi connectivity index (χ1n) is 10.4. The Labute approximate surface area is 195 Å². The van der Waals surface area contributed by atoms with Gasteiger partial charge >= 0.3 is 0 Å². The molecule has 3 aromatic rings. The van der Waals surface area contributed by atoms with Crippen LogP contribution in [-0.2, 0) is 9.59 Å². The number of anilines is 1. The summed E-state index contributed by atoms with van der Waals surface area (Å²) < 4.78 is 19.1. The Morgan fingerprint density at radius 1 is 1.06 bits per heavy atom. The normalized spacial score (nSPS) is 17.5. The predicted octanol–water partition coefficient (Wildman–Crippen LogP) is 5.81. The summed E-state index contributed by atoms with van der Waals surface area (Å²) in [6.45, 7) is 4.12. The van der Waals surface area contributed by atoms with Gasteiger partial charge in [0.2, 0.25) is 0 Å². The minimum absolute atomic E-state index is 0.136. The quantitative estimate of drug-likeness (QED) is 0.293. The van der Waals surface area contributed by atoms with E-state index < -0.39 is 29.3 Å². The average Bonchev–Trinajstić information content (AvgIpc) is 3.06. The molecule has 33 heavy (non-hydrogen) atoms. The molecule has 1 unspecified atom stereocenters. The highest BCUT2D eigenvalue weighted by atomic mass is 35.5. The highest BCUT2D eigenvalue weighted by molar-refractivity contribution is 6.52. The van der Waals surface area contributed by atoms with Gasteiger partial charge in [0, 0.05) is 11.3 Å². The number of aryl methyl sites for hydroxylation is 1. The molecule has 1 aliphatic rings. The Hall–Kier alpha value is -3.64. The molecule has 0 radical (unpaired) electrons. The van der Waals surface area contributed by atoms with E-state index in [0.717, 1.165) is 5.56 Å². The van der Waals surface area contributed by atoms with Crippen molar-refractivity contribution >= 4 is 34.7 Å². The van der Waals surface area contributed by atoms with Crippen molar-refractivity contribution in [3.63, 3.8) is 0 Å². The zero-order valence-electron chi connectivity index (χ0n) is 18.0. The lowest BCUT2D eigenvalue weighted by atomic mass is 9.95. The molecule has 1 fully saturated rings. The summed E-state index contributed by atoms with van der Waals surface area (Å²) in [5.74, 6) is -2.09. The third-order valence-corrected chi connectivity index (χ3v) is 5.78. The van der Waals surface area contributed by atoms with Gasteiger partial charge in [-0.15, -0.1) is 0 Å². The summed E-state index contributed by atoms with van der Waals surface area (Å²) >= 11 is 6.33. The average molecular weight is 466 g/mol. The SMILES string of the molecule is CCOc1ccc(Cl)c(/C(O)=C2\C(=O)C(=O)N(c3ccc(C)cc3)C2c2ccc(F)cc2)c1. The number of aliphatic hydroxyl groups excluding tert-OH is 1. The van der Waals surface area contributed by atoms with E-state index in [0.29, 0.717) is 23.6 Å². The van der Waals surface area contributed by atoms with E-state index in [2.05, 4.69) is 0 Å². The Morgan fingerprint density at radius 2 is 1.73 bits per heavy atom. The van der Waals surface area contributed by atoms with E-state index >= 15 is 0 Å². The fourth-order valence-electron chi connectivity index (χ4n) is 3.85. The van der Waals surface area contributed by atoms with Crippen LogP contribution in [0.25, 0.3) is 5.76 Å². The summed E-state index contributed by atoms with van der Waals surface area (Å²) in [7, 11) is 0. The van der Waals surface area contributed by atoms with Gasteiger partial charge in [0.1, 0.15) is 17.3 Å². The van der Waals surface area contributed by atoms with Crippen LogP contribution in [0.1, 0.15) is 29.7 Å². The highest BCUT2D eigenvalue weighted by Gasteiger charge is 2.47. The van der Waals surface area contributed by atoms with Crippen molar-refractivity contribution in [2.45, 2.75) is 19.9 Å². The van der Waals surface area contributed by atoms with Crippen LogP contribution in [0.5, 0.6) is 5.75 Å². The number of benzene rings is 3. The summed E-state index contributed by atoms with van der Waals surface area (Å²) in [6, 6.07) is 16.3. The maximum atomic E-state index is 13.6. The third kappa shape index (κ3) is 4.22. The molecule has 0 saturated carbocycles. The van der Waals surface area contributed by atoms with E-state index in [1.54, 1.807) is 24.3 Å². The van der Waals surface area contributed by atoms with Crippen molar-refractivity contribution in [2.75, 3.05) is 11.5 Å². The van der Waals surface area contributed by atoms with Gasteiger partial charge in [0.15, 0.2) is 0 Å². The van der Waals surface area contributed by atoms with Gasteiger partial charge in [-0.2, -0.15) is 0 Å². The Balaban J connectivity index is 1.94. The standard InChI is InChI=1S/C26H21ClFNO4/c1-3-33-19-12-13-21(27)20(14-19)24(30)22-23(16-6-8-17(28)9-7-16)29(26(32)25(22)31)18-10-4-15(2)5-11-18/h4-14,23,30H,3H2,1-2H3/b24-22+. The first-order valence-corrected chi connectivity index (χ1v) is 10.8. The van der Waals surface area contributed by atoms with E-state index in [1.807, 2.05) is 26.0 Å². The van der Waals surface area contributed by atoms with Crippen LogP contribution in [0.4, 0.5) is 10.1 Å². The summed E-state index contributed by atoms with van der Waals surface area (Å²) in [5, 5.41) is 11.4. The van der Waals surface area contributed by atoms with Gasteiger partial charge in [-0.1, -0.05) is 41.4 Å². The second kappa shape index (κ2) is 9.08. The first kappa shape index (κ1) is 22.6. The third-order valence-electron chi connectivity index (χ3n) is 5.45. The number of amides is 1. The maximum absolute atomic E-state index is 13.6. The van der Waals surface area contributed by atoms with Crippen molar-refractivity contribution in [3.05, 3.63) is 99.8 Å². The van der Waals surface area contributed by atoms with Gasteiger partial charge in [-0.05, 0) is 61.9 Å². The van der Waals surface area contributed by atoms with Gasteiger partial charge in [-0.3, -0.25) is 14.5 Å². The fourth-order valence-corrected chi connectivity index (χ4v) is 4.06. The first-order chi connectivity index (χ1) is 15.8. The zero-order valence-corrected chi connectivity index (χ0v) is 18.8. The molecule has 0 spiro atoms. The summed E-state index contributed by atoms with van der Waals surface area (Å²) in [4.78, 5) is 27.6. The minimum atomic E-state index is -0.972.